The second-order valence-electron chi connectivity index (χ2n) is 4.29. The van der Waals surface area contributed by atoms with Crippen molar-refractivity contribution in [3.63, 3.8) is 0 Å². The van der Waals surface area contributed by atoms with Crippen molar-refractivity contribution in [1.82, 2.24) is 0 Å². The van der Waals surface area contributed by atoms with Gasteiger partial charge in [0.05, 0.1) is 12.9 Å². The summed E-state index contributed by atoms with van der Waals surface area (Å²) in [6.45, 7) is -2.87. The average Bonchev–Trinajstić information content (AvgIpc) is 2.53. The first-order valence-corrected chi connectivity index (χ1v) is 7.42. The van der Waals surface area contributed by atoms with E-state index in [2.05, 4.69) is 4.74 Å². The van der Waals surface area contributed by atoms with Gasteiger partial charge in [-0.3, -0.25) is 4.79 Å². The number of thioether (sulfide) groups is 1. The molecule has 6 heteroatoms. The summed E-state index contributed by atoms with van der Waals surface area (Å²) in [5.74, 6) is 0.928. The van der Waals surface area contributed by atoms with E-state index in [4.69, 9.17) is 4.74 Å². The zero-order valence-corrected chi connectivity index (χ0v) is 12.6. The average molecular weight is 324 g/mol. The summed E-state index contributed by atoms with van der Waals surface area (Å²) in [6, 6.07) is 13.1. The Labute approximate surface area is 131 Å². The van der Waals surface area contributed by atoms with Crippen molar-refractivity contribution >= 4 is 17.5 Å². The number of methoxy groups -OCH3 is 1. The molecule has 0 saturated carbocycles. The van der Waals surface area contributed by atoms with E-state index in [1.165, 1.54) is 36.0 Å². The molecule has 0 heterocycles. The minimum absolute atomic E-state index is 0.0343. The van der Waals surface area contributed by atoms with Crippen LogP contribution in [0.15, 0.2) is 53.4 Å². The van der Waals surface area contributed by atoms with Gasteiger partial charge in [0, 0.05) is 10.5 Å². The van der Waals surface area contributed by atoms with Gasteiger partial charge in [-0.15, -0.1) is 11.8 Å². The number of carbonyl (C=O) groups is 1. The van der Waals surface area contributed by atoms with Gasteiger partial charge < -0.3 is 9.47 Å². The van der Waals surface area contributed by atoms with E-state index in [-0.39, 0.29) is 17.3 Å². The highest BCUT2D eigenvalue weighted by Gasteiger charge is 2.09. The second-order valence-corrected chi connectivity index (χ2v) is 5.34. The molecule has 0 aliphatic carbocycles. The van der Waals surface area contributed by atoms with E-state index in [1.54, 1.807) is 7.11 Å². The Balaban J connectivity index is 1.94. The maximum Gasteiger partial charge on any atom is 0.387 e. The van der Waals surface area contributed by atoms with Crippen LogP contribution in [0.5, 0.6) is 11.5 Å². The maximum atomic E-state index is 12.1. The van der Waals surface area contributed by atoms with Crippen molar-refractivity contribution in [2.75, 3.05) is 12.9 Å². The quantitative estimate of drug-likeness (QED) is 0.563. The molecule has 22 heavy (non-hydrogen) atoms. The number of rotatable bonds is 7. The summed E-state index contributed by atoms with van der Waals surface area (Å²) < 4.78 is 33.5. The standard InChI is InChI=1S/C16H14F2O3S/c1-20-13-3-2-4-14(9-13)22-10-15(19)11-5-7-12(8-6-11)21-16(17)18/h2-9,16H,10H2,1H3. The molecule has 0 aliphatic heterocycles. The van der Waals surface area contributed by atoms with Crippen molar-refractivity contribution in [2.24, 2.45) is 0 Å². The van der Waals surface area contributed by atoms with Gasteiger partial charge in [-0.05, 0) is 42.5 Å². The first kappa shape index (κ1) is 16.3. The zero-order valence-electron chi connectivity index (χ0n) is 11.8. The molecule has 0 N–H and O–H groups in total. The van der Waals surface area contributed by atoms with Gasteiger partial charge in [0.15, 0.2) is 5.78 Å². The molecule has 0 aromatic heterocycles. The Morgan fingerprint density at radius 1 is 1.14 bits per heavy atom. The molecule has 0 atom stereocenters. The normalized spacial score (nSPS) is 10.5. The van der Waals surface area contributed by atoms with E-state index in [0.29, 0.717) is 5.56 Å². The van der Waals surface area contributed by atoms with Gasteiger partial charge in [-0.1, -0.05) is 6.07 Å². The third kappa shape index (κ3) is 4.73. The van der Waals surface area contributed by atoms with Crippen LogP contribution in [0.25, 0.3) is 0 Å². The third-order valence-electron chi connectivity index (χ3n) is 2.81. The molecule has 0 unspecified atom stereocenters. The van der Waals surface area contributed by atoms with Crippen molar-refractivity contribution in [1.29, 1.82) is 0 Å². The van der Waals surface area contributed by atoms with Crippen molar-refractivity contribution < 1.29 is 23.0 Å². The van der Waals surface area contributed by atoms with Crippen LogP contribution in [0.2, 0.25) is 0 Å². The molecule has 0 spiro atoms. The predicted molar refractivity (Wildman–Crippen MR) is 81.1 cm³/mol. The number of hydrogen-bond donors (Lipinski definition) is 0. The lowest BCUT2D eigenvalue weighted by Gasteiger charge is -2.06. The monoisotopic (exact) mass is 324 g/mol. The van der Waals surface area contributed by atoms with Crippen LogP contribution < -0.4 is 9.47 Å². The highest BCUT2D eigenvalue weighted by Crippen LogP contribution is 2.24. The lowest BCUT2D eigenvalue weighted by molar-refractivity contribution is -0.0498. The first-order valence-electron chi connectivity index (χ1n) is 6.43. The summed E-state index contributed by atoms with van der Waals surface area (Å²) in [6.07, 6.45) is 0. The number of carbonyl (C=O) groups excluding carboxylic acids is 1. The van der Waals surface area contributed by atoms with E-state index >= 15 is 0 Å². The molecule has 0 bridgehead atoms. The summed E-state index contributed by atoms with van der Waals surface area (Å²) in [5, 5.41) is 0. The molecule has 2 aromatic carbocycles. The number of alkyl halides is 2. The Morgan fingerprint density at radius 3 is 2.50 bits per heavy atom. The molecular formula is C16H14F2O3S. The molecule has 0 amide bonds. The Bertz CT molecular complexity index is 630. The first-order chi connectivity index (χ1) is 10.6. The SMILES string of the molecule is COc1cccc(SCC(=O)c2ccc(OC(F)F)cc2)c1. The van der Waals surface area contributed by atoms with Crippen LogP contribution in [0.3, 0.4) is 0 Å². The smallest absolute Gasteiger partial charge is 0.387 e. The number of benzene rings is 2. The van der Waals surface area contributed by atoms with Crippen molar-refractivity contribution in [3.05, 3.63) is 54.1 Å². The minimum atomic E-state index is -2.87. The fraction of sp³-hybridized carbons (Fsp3) is 0.188. The van der Waals surface area contributed by atoms with Gasteiger partial charge >= 0.3 is 6.61 Å². The largest absolute Gasteiger partial charge is 0.497 e. The van der Waals surface area contributed by atoms with Crippen molar-refractivity contribution in [2.45, 2.75) is 11.5 Å². The molecule has 116 valence electrons. The minimum Gasteiger partial charge on any atom is -0.497 e. The third-order valence-corrected chi connectivity index (χ3v) is 3.81. The highest BCUT2D eigenvalue weighted by atomic mass is 32.2. The number of halogens is 2. The zero-order chi connectivity index (χ0) is 15.9. The molecule has 2 rings (SSSR count). The van der Waals surface area contributed by atoms with E-state index in [9.17, 15) is 13.6 Å². The second kappa shape index (κ2) is 7.79. The fourth-order valence-corrected chi connectivity index (χ4v) is 2.58. The Hall–Kier alpha value is -2.08. The van der Waals surface area contributed by atoms with Gasteiger partial charge in [-0.2, -0.15) is 8.78 Å². The van der Waals surface area contributed by atoms with Crippen LogP contribution in [0, 0.1) is 0 Å². The van der Waals surface area contributed by atoms with Crippen LogP contribution in [0.4, 0.5) is 8.78 Å². The van der Waals surface area contributed by atoms with E-state index in [1.807, 2.05) is 24.3 Å². The van der Waals surface area contributed by atoms with Crippen LogP contribution in [-0.2, 0) is 0 Å². The van der Waals surface area contributed by atoms with Crippen LogP contribution >= 0.6 is 11.8 Å². The van der Waals surface area contributed by atoms with Gasteiger partial charge in [0.25, 0.3) is 0 Å². The molecule has 2 aromatic rings. The summed E-state index contributed by atoms with van der Waals surface area (Å²) in [5.41, 5.74) is 0.456. The number of ketones is 1. The number of ether oxygens (including phenoxy) is 2. The van der Waals surface area contributed by atoms with Gasteiger partial charge in [0.2, 0.25) is 0 Å². The van der Waals surface area contributed by atoms with Gasteiger partial charge in [-0.25, -0.2) is 0 Å². The van der Waals surface area contributed by atoms with Gasteiger partial charge in [0.1, 0.15) is 11.5 Å². The van der Waals surface area contributed by atoms with Crippen LogP contribution in [-0.4, -0.2) is 25.3 Å². The maximum absolute atomic E-state index is 12.1. The fourth-order valence-electron chi connectivity index (χ4n) is 1.75. The topological polar surface area (TPSA) is 35.5 Å². The molecule has 0 fully saturated rings. The molecule has 0 radical (unpaired) electrons. The lowest BCUT2D eigenvalue weighted by Crippen LogP contribution is -2.04. The molecule has 0 saturated heterocycles. The predicted octanol–water partition coefficient (Wildman–Crippen LogP) is 4.27. The molecule has 0 aliphatic rings. The van der Waals surface area contributed by atoms with E-state index in [0.717, 1.165) is 10.6 Å². The molecule has 3 nitrogen and oxygen atoms in total. The van der Waals surface area contributed by atoms with Crippen LogP contribution in [0.1, 0.15) is 10.4 Å². The summed E-state index contributed by atoms with van der Waals surface area (Å²) in [4.78, 5) is 13.0. The Morgan fingerprint density at radius 2 is 1.86 bits per heavy atom. The summed E-state index contributed by atoms with van der Waals surface area (Å²) >= 11 is 1.39. The lowest BCUT2D eigenvalue weighted by atomic mass is 10.1. The Kier molecular flexibility index (Phi) is 5.77. The number of Topliss-reactive ketones (excluding diaryl/α,β-unsaturated/α-hetero) is 1. The van der Waals surface area contributed by atoms with E-state index < -0.39 is 6.61 Å². The van der Waals surface area contributed by atoms with Crippen molar-refractivity contribution in [3.8, 4) is 11.5 Å². The summed E-state index contributed by atoms with van der Waals surface area (Å²) in [7, 11) is 1.58. The number of hydrogen-bond acceptors (Lipinski definition) is 4. The highest BCUT2D eigenvalue weighted by molar-refractivity contribution is 8.00. The molecular weight excluding hydrogens is 310 g/mol.